The number of carbonyl (C=O) groups is 2. The van der Waals surface area contributed by atoms with Gasteiger partial charge in [0.1, 0.15) is 11.3 Å². The van der Waals surface area contributed by atoms with Crippen molar-refractivity contribution in [2.75, 3.05) is 27.3 Å². The molecule has 1 aliphatic carbocycles. The van der Waals surface area contributed by atoms with Crippen molar-refractivity contribution in [2.24, 2.45) is 24.6 Å². The number of hydrogen-bond acceptors (Lipinski definition) is 6. The molecule has 0 spiro atoms. The van der Waals surface area contributed by atoms with Crippen LogP contribution in [-0.2, 0) is 23.1 Å². The number of hydrogen-bond donors (Lipinski definition) is 2. The highest BCUT2D eigenvalue weighted by Crippen LogP contribution is 2.45. The van der Waals surface area contributed by atoms with E-state index in [9.17, 15) is 9.59 Å². The fourth-order valence-corrected chi connectivity index (χ4v) is 7.67. The van der Waals surface area contributed by atoms with Gasteiger partial charge in [-0.25, -0.2) is 18.2 Å². The molecule has 2 aromatic carbocycles. The number of aryl methyl sites for hydroxylation is 1. The number of carbonyl (C=O) groups excluding carboxylic acids is 2. The van der Waals surface area contributed by atoms with E-state index in [0.717, 1.165) is 0 Å². The van der Waals surface area contributed by atoms with E-state index in [1.807, 2.05) is 0 Å². The second-order valence-electron chi connectivity index (χ2n) is 13.6. The maximum atomic E-state index is 16.4. The Hall–Kier alpha value is -4.10. The number of rotatable bonds is 4. The monoisotopic (exact) mass is 666 g/mol. The van der Waals surface area contributed by atoms with Crippen molar-refractivity contribution < 1.29 is 32.2 Å². The average Bonchev–Trinajstić information content (AvgIpc) is 3.63. The Balaban J connectivity index is 1.34. The maximum absolute atomic E-state index is 16.4. The number of imidazole rings is 1. The first-order valence-electron chi connectivity index (χ1n) is 16.5. The summed E-state index contributed by atoms with van der Waals surface area (Å²) in [5.41, 5.74) is 8.14. The summed E-state index contributed by atoms with van der Waals surface area (Å²) in [5, 5.41) is 3.37. The molecule has 2 aliphatic heterocycles. The van der Waals surface area contributed by atoms with Crippen LogP contribution in [0, 0.1) is 17.7 Å². The Labute approximate surface area is 276 Å². The van der Waals surface area contributed by atoms with Gasteiger partial charge in [-0.1, -0.05) is 12.1 Å². The highest BCUT2D eigenvalue weighted by Gasteiger charge is 2.44. The summed E-state index contributed by atoms with van der Waals surface area (Å²) in [4.78, 5) is 33.0. The first-order chi connectivity index (χ1) is 22.9. The molecule has 2 amide bonds. The van der Waals surface area contributed by atoms with Crippen LogP contribution >= 0.6 is 0 Å². The van der Waals surface area contributed by atoms with Crippen LogP contribution in [0.5, 0.6) is 5.75 Å². The number of benzene rings is 2. The van der Waals surface area contributed by atoms with Gasteiger partial charge in [0.05, 0.1) is 42.5 Å². The lowest BCUT2D eigenvalue weighted by Crippen LogP contribution is -2.53. The Morgan fingerprint density at radius 2 is 1.94 bits per heavy atom. The molecule has 1 saturated carbocycles. The summed E-state index contributed by atoms with van der Waals surface area (Å²) >= 11 is 0. The smallest absolute Gasteiger partial charge is 0.265 e. The van der Waals surface area contributed by atoms with E-state index in [0.29, 0.717) is 71.6 Å². The topological polar surface area (TPSA) is 117 Å². The van der Waals surface area contributed by atoms with Gasteiger partial charge in [-0.2, -0.15) is 0 Å². The number of methoxy groups -OCH3 is 2. The van der Waals surface area contributed by atoms with Crippen molar-refractivity contribution in [3.05, 3.63) is 47.3 Å². The van der Waals surface area contributed by atoms with Gasteiger partial charge in [0.2, 0.25) is 5.91 Å². The van der Waals surface area contributed by atoms with Crippen LogP contribution in [0.2, 0.25) is 0 Å². The number of ether oxygens (including phenoxy) is 2. The normalized spacial score (nSPS) is 26.0. The summed E-state index contributed by atoms with van der Waals surface area (Å²) in [5.74, 6) is -3.66. The van der Waals surface area contributed by atoms with E-state index < -0.39 is 24.3 Å². The van der Waals surface area contributed by atoms with E-state index in [1.54, 1.807) is 60.9 Å². The van der Waals surface area contributed by atoms with Crippen LogP contribution in [0.15, 0.2) is 30.3 Å². The molecule has 0 radical (unpaired) electrons. The van der Waals surface area contributed by atoms with Gasteiger partial charge in [-0.05, 0) is 56.7 Å². The molecular formula is C35H41F3N6O4. The lowest BCUT2D eigenvalue weighted by atomic mass is 10.0. The number of amides is 2. The van der Waals surface area contributed by atoms with Gasteiger partial charge in [0.15, 0.2) is 11.6 Å². The molecule has 256 valence electrons. The molecule has 1 saturated heterocycles. The largest absolute Gasteiger partial charge is 0.494 e. The fourth-order valence-electron chi connectivity index (χ4n) is 7.67. The summed E-state index contributed by atoms with van der Waals surface area (Å²) < 4.78 is 62.1. The number of nitrogens with zero attached hydrogens (tertiary/aromatic N) is 4. The lowest BCUT2D eigenvalue weighted by Gasteiger charge is -2.36. The molecule has 48 heavy (non-hydrogen) atoms. The molecule has 7 rings (SSSR count). The molecule has 0 unspecified atom stereocenters. The summed E-state index contributed by atoms with van der Waals surface area (Å²) in [6.07, 6.45) is 1.55. The Morgan fingerprint density at radius 3 is 2.67 bits per heavy atom. The van der Waals surface area contributed by atoms with Gasteiger partial charge in [0.25, 0.3) is 11.8 Å². The highest BCUT2D eigenvalue weighted by molar-refractivity contribution is 6.00. The second-order valence-corrected chi connectivity index (χ2v) is 13.6. The Kier molecular flexibility index (Phi) is 8.18. The number of alkyl halides is 2. The molecule has 3 N–H and O–H groups in total. The first kappa shape index (κ1) is 32.4. The molecule has 4 heterocycles. The van der Waals surface area contributed by atoms with Crippen LogP contribution in [0.3, 0.4) is 0 Å². The fraction of sp³-hybridized carbons (Fsp3) is 0.514. The zero-order valence-electron chi connectivity index (χ0n) is 27.6. The Morgan fingerprint density at radius 1 is 1.15 bits per heavy atom. The van der Waals surface area contributed by atoms with Crippen molar-refractivity contribution in [2.45, 2.75) is 69.7 Å². The van der Waals surface area contributed by atoms with Crippen LogP contribution in [0.25, 0.3) is 33.5 Å². The number of fused-ring (bicyclic) bond motifs is 3. The minimum atomic E-state index is -3.15. The summed E-state index contributed by atoms with van der Waals surface area (Å²) in [6, 6.07) is 7.28. The van der Waals surface area contributed by atoms with E-state index in [4.69, 9.17) is 20.2 Å². The number of piperidine rings is 1. The SMILES string of the molecule is COc1cc(C(=O)N2CC[C@@H](OC)[C@@H](N)C2)cc2nc(-c3cc4ccc5c(F)c4n3CC(F)(F)CCC[C@@H]3C[C@H]3C(=O)N[C@@H]5C)n(C)c12. The third kappa shape index (κ3) is 5.60. The summed E-state index contributed by atoms with van der Waals surface area (Å²) in [6.45, 7) is 1.77. The van der Waals surface area contributed by atoms with Crippen molar-refractivity contribution in [1.29, 1.82) is 0 Å². The quantitative estimate of drug-likeness (QED) is 0.311. The predicted octanol–water partition coefficient (Wildman–Crippen LogP) is 5.16. The molecule has 13 heteroatoms. The molecule has 3 aliphatic rings. The van der Waals surface area contributed by atoms with Gasteiger partial charge >= 0.3 is 0 Å². The van der Waals surface area contributed by atoms with E-state index in [1.165, 1.54) is 11.7 Å². The van der Waals surface area contributed by atoms with Crippen molar-refractivity contribution in [3.8, 4) is 17.3 Å². The van der Waals surface area contributed by atoms with Crippen molar-refractivity contribution in [1.82, 2.24) is 24.3 Å². The van der Waals surface area contributed by atoms with Crippen LogP contribution in [0.1, 0.15) is 61.0 Å². The van der Waals surface area contributed by atoms with E-state index >= 15 is 13.2 Å². The predicted molar refractivity (Wildman–Crippen MR) is 174 cm³/mol. The van der Waals surface area contributed by atoms with Gasteiger partial charge in [0, 0.05) is 62.1 Å². The molecule has 2 fully saturated rings. The third-order valence-corrected chi connectivity index (χ3v) is 10.4. The standard InChI is InChI=1S/C35H41F3N6O4/c1-18-22-8-7-20-14-26(44(30(20)29(22)36)17-35(37,38)10-5-6-19-12-23(19)33(45)40-18)32-41-25-13-21(15-28(48-4)31(25)42(32)2)34(46)43-11-9-27(47-3)24(39)16-43/h7-8,13-15,18-19,23-24,27H,5-6,9-12,16-17,39H2,1-4H3,(H,40,45)/t18-,19-,23-,24+,27-/m1/s1. The number of nitrogens with one attached hydrogen (secondary N) is 1. The van der Waals surface area contributed by atoms with Crippen LogP contribution in [-0.4, -0.2) is 76.2 Å². The van der Waals surface area contributed by atoms with E-state index in [-0.39, 0.29) is 59.7 Å². The van der Waals surface area contributed by atoms with Gasteiger partial charge < -0.3 is 34.6 Å². The van der Waals surface area contributed by atoms with Crippen molar-refractivity contribution >= 4 is 33.8 Å². The zero-order valence-corrected chi connectivity index (χ0v) is 27.6. The summed E-state index contributed by atoms with van der Waals surface area (Å²) in [7, 11) is 4.83. The molecule has 5 atom stereocenters. The number of halogens is 3. The molecular weight excluding hydrogens is 625 g/mol. The van der Waals surface area contributed by atoms with Crippen molar-refractivity contribution in [3.63, 3.8) is 0 Å². The van der Waals surface area contributed by atoms with Crippen LogP contribution in [0.4, 0.5) is 13.2 Å². The zero-order chi connectivity index (χ0) is 34.1. The Bertz CT molecular complexity index is 1920. The lowest BCUT2D eigenvalue weighted by molar-refractivity contribution is -0.123. The van der Waals surface area contributed by atoms with Gasteiger partial charge in [-0.3, -0.25) is 9.59 Å². The highest BCUT2D eigenvalue weighted by atomic mass is 19.3. The molecule has 4 aromatic rings. The van der Waals surface area contributed by atoms with E-state index in [2.05, 4.69) is 5.32 Å². The molecule has 10 nitrogen and oxygen atoms in total. The number of aromatic nitrogens is 3. The van der Waals surface area contributed by atoms with Gasteiger partial charge in [-0.15, -0.1) is 0 Å². The second kappa shape index (κ2) is 12.1. The first-order valence-corrected chi connectivity index (χ1v) is 16.5. The van der Waals surface area contributed by atoms with Crippen LogP contribution < -0.4 is 15.8 Å². The minimum Gasteiger partial charge on any atom is -0.494 e. The molecule has 2 bridgehead atoms. The maximum Gasteiger partial charge on any atom is 0.265 e. The average molecular weight is 667 g/mol. The third-order valence-electron chi connectivity index (χ3n) is 10.4. The minimum absolute atomic E-state index is 0.0234. The molecule has 2 aromatic heterocycles. The number of likely N-dealkylation sites (tertiary alicyclic amines) is 1. The number of nitrogens with two attached hydrogens (primary N) is 1.